The molecule has 1 spiro atoms. The molecule has 3 N–H and O–H groups in total. The lowest BCUT2D eigenvalue weighted by Crippen LogP contribution is -2.32. The first-order chi connectivity index (χ1) is 14.5. The molecule has 2 aliphatic heterocycles. The van der Waals surface area contributed by atoms with Crippen molar-refractivity contribution in [1.82, 2.24) is 5.32 Å². The molecule has 0 aliphatic carbocycles. The van der Waals surface area contributed by atoms with Crippen LogP contribution in [-0.2, 0) is 10.3 Å². The maximum absolute atomic E-state index is 12.5. The van der Waals surface area contributed by atoms with Gasteiger partial charge in [0.2, 0.25) is 0 Å². The lowest BCUT2D eigenvalue weighted by molar-refractivity contribution is 0.0224. The summed E-state index contributed by atoms with van der Waals surface area (Å²) in [5, 5.41) is 22.8. The molecule has 0 radical (unpaired) electrons. The lowest BCUT2D eigenvalue weighted by atomic mass is 9.77. The third kappa shape index (κ3) is 3.06. The van der Waals surface area contributed by atoms with Gasteiger partial charge in [-0.2, -0.15) is 0 Å². The van der Waals surface area contributed by atoms with Gasteiger partial charge in [-0.3, -0.25) is 0 Å². The fraction of sp³-hybridized carbons (Fsp3) is 0.208. The van der Waals surface area contributed by atoms with Gasteiger partial charge in [0, 0.05) is 28.8 Å². The van der Waals surface area contributed by atoms with E-state index in [9.17, 15) is 15.0 Å². The Morgan fingerprint density at radius 3 is 1.93 bits per heavy atom. The lowest BCUT2D eigenvalue weighted by Gasteiger charge is -2.36. The highest BCUT2D eigenvalue weighted by Gasteiger charge is 2.53. The summed E-state index contributed by atoms with van der Waals surface area (Å²) in [7, 11) is 0. The summed E-state index contributed by atoms with van der Waals surface area (Å²) in [6.07, 6.45) is 0. The third-order valence-corrected chi connectivity index (χ3v) is 5.18. The normalized spacial score (nSPS) is 14.5. The fourth-order valence-corrected chi connectivity index (χ4v) is 3.90. The summed E-state index contributed by atoms with van der Waals surface area (Å²) < 4.78 is 11.8. The number of fused-ring (bicyclic) bond motifs is 6. The zero-order chi connectivity index (χ0) is 21.3. The molecule has 6 heteroatoms. The van der Waals surface area contributed by atoms with Gasteiger partial charge in [0.05, 0.1) is 5.56 Å². The molecule has 3 aromatic rings. The predicted octanol–water partition coefficient (Wildman–Crippen LogP) is 4.28. The number of rotatable bonds is 2. The van der Waals surface area contributed by atoms with E-state index < -0.39 is 11.6 Å². The van der Waals surface area contributed by atoms with Crippen molar-refractivity contribution < 1.29 is 24.5 Å². The van der Waals surface area contributed by atoms with E-state index >= 15 is 0 Å². The van der Waals surface area contributed by atoms with E-state index in [1.807, 2.05) is 12.1 Å². The van der Waals surface area contributed by atoms with E-state index in [2.05, 4.69) is 19.2 Å². The number of phenolic OH excluding ortho intramolecular Hbond substituents is 2. The summed E-state index contributed by atoms with van der Waals surface area (Å²) in [4.78, 5) is 12.5. The summed E-state index contributed by atoms with van der Waals surface area (Å²) in [5.74, 6) is 0.408. The van der Waals surface area contributed by atoms with Crippen LogP contribution in [0.15, 0.2) is 60.7 Å². The fourth-order valence-electron chi connectivity index (χ4n) is 3.90. The van der Waals surface area contributed by atoms with Crippen LogP contribution in [0.1, 0.15) is 40.9 Å². The Morgan fingerprint density at radius 2 is 1.40 bits per heavy atom. The van der Waals surface area contributed by atoms with Crippen molar-refractivity contribution in [2.45, 2.75) is 19.4 Å². The van der Waals surface area contributed by atoms with Gasteiger partial charge in [0.25, 0.3) is 0 Å². The van der Waals surface area contributed by atoms with Gasteiger partial charge in [0.15, 0.2) is 5.60 Å². The number of ether oxygens (including phenoxy) is 2. The number of hydrogen-bond acceptors (Lipinski definition) is 6. The second-order valence-electron chi connectivity index (χ2n) is 7.04. The Bertz CT molecular complexity index is 1060. The van der Waals surface area contributed by atoms with E-state index in [1.54, 1.807) is 24.3 Å². The average Bonchev–Trinajstić information content (AvgIpc) is 3.02. The average molecular weight is 405 g/mol. The van der Waals surface area contributed by atoms with Gasteiger partial charge in [-0.05, 0) is 43.4 Å². The standard InChI is InChI=1S/C20H12O5.C4H11N/c21-11-5-7-15-17(9-11)24-18-10-12(22)6-8-16(18)20(15)14-4-2-1-3-13(14)19(23)25-20;1-3-5-4-2/h1-10,21-22H;5H,3-4H2,1-2H3. The van der Waals surface area contributed by atoms with Crippen LogP contribution in [0.3, 0.4) is 0 Å². The van der Waals surface area contributed by atoms with E-state index in [0.29, 0.717) is 33.8 Å². The van der Waals surface area contributed by atoms with Crippen LogP contribution >= 0.6 is 0 Å². The smallest absolute Gasteiger partial charge is 0.340 e. The highest BCUT2D eigenvalue weighted by atomic mass is 16.6. The number of carbonyl (C=O) groups excluding carboxylic acids is 1. The number of benzene rings is 3. The molecule has 0 atom stereocenters. The number of hydrogen-bond donors (Lipinski definition) is 3. The van der Waals surface area contributed by atoms with Crippen LogP contribution in [0.4, 0.5) is 0 Å². The maximum atomic E-state index is 12.5. The van der Waals surface area contributed by atoms with Crippen molar-refractivity contribution >= 4 is 5.97 Å². The molecule has 0 unspecified atom stereocenters. The second kappa shape index (κ2) is 7.72. The molecule has 0 saturated carbocycles. The number of aromatic hydroxyl groups is 2. The van der Waals surface area contributed by atoms with Crippen LogP contribution in [0.2, 0.25) is 0 Å². The molecule has 154 valence electrons. The number of esters is 1. The van der Waals surface area contributed by atoms with Crippen molar-refractivity contribution in [3.8, 4) is 23.0 Å². The molecule has 3 aromatic carbocycles. The molecule has 2 aliphatic rings. The largest absolute Gasteiger partial charge is 0.508 e. The number of nitrogens with one attached hydrogen (secondary N) is 1. The minimum Gasteiger partial charge on any atom is -0.508 e. The first kappa shape index (κ1) is 19.8. The van der Waals surface area contributed by atoms with Crippen LogP contribution < -0.4 is 10.1 Å². The molecule has 0 bridgehead atoms. The minimum atomic E-state index is -1.17. The van der Waals surface area contributed by atoms with Crippen molar-refractivity contribution in [2.24, 2.45) is 0 Å². The molecule has 0 amide bonds. The maximum Gasteiger partial charge on any atom is 0.340 e. The predicted molar refractivity (Wildman–Crippen MR) is 112 cm³/mol. The molecule has 30 heavy (non-hydrogen) atoms. The molecular formula is C24H23NO5. The molecule has 0 aromatic heterocycles. The first-order valence-electron chi connectivity index (χ1n) is 9.89. The Kier molecular flexibility index (Phi) is 5.10. The molecule has 5 rings (SSSR count). The Balaban J connectivity index is 0.000000393. The van der Waals surface area contributed by atoms with Gasteiger partial charge in [0.1, 0.15) is 23.0 Å². The van der Waals surface area contributed by atoms with E-state index in [1.165, 1.54) is 24.3 Å². The first-order valence-corrected chi connectivity index (χ1v) is 9.89. The van der Waals surface area contributed by atoms with Gasteiger partial charge in [-0.15, -0.1) is 0 Å². The van der Waals surface area contributed by atoms with Gasteiger partial charge in [-0.1, -0.05) is 32.0 Å². The highest BCUT2D eigenvalue weighted by molar-refractivity contribution is 5.97. The Morgan fingerprint density at radius 1 is 0.833 bits per heavy atom. The SMILES string of the molecule is CCNCC.O=C1OC2(c3ccc(O)cc3Oc3cc(O)ccc32)c2ccccc21. The summed E-state index contributed by atoms with van der Waals surface area (Å²) in [6.45, 7) is 6.39. The van der Waals surface area contributed by atoms with Crippen molar-refractivity contribution in [1.29, 1.82) is 0 Å². The zero-order valence-corrected chi connectivity index (χ0v) is 16.8. The summed E-state index contributed by atoms with van der Waals surface area (Å²) >= 11 is 0. The van der Waals surface area contributed by atoms with E-state index in [0.717, 1.165) is 13.1 Å². The Hall–Kier alpha value is -3.51. The van der Waals surface area contributed by atoms with Crippen LogP contribution in [-0.4, -0.2) is 29.3 Å². The van der Waals surface area contributed by atoms with Crippen LogP contribution in [0.25, 0.3) is 0 Å². The van der Waals surface area contributed by atoms with Gasteiger partial charge >= 0.3 is 5.97 Å². The topological polar surface area (TPSA) is 88.0 Å². The molecular weight excluding hydrogens is 382 g/mol. The van der Waals surface area contributed by atoms with Crippen LogP contribution in [0, 0.1) is 0 Å². The molecule has 2 heterocycles. The van der Waals surface area contributed by atoms with Crippen molar-refractivity contribution in [3.05, 3.63) is 82.9 Å². The highest BCUT2D eigenvalue weighted by Crippen LogP contribution is 2.56. The van der Waals surface area contributed by atoms with Crippen LogP contribution in [0.5, 0.6) is 23.0 Å². The van der Waals surface area contributed by atoms with Crippen molar-refractivity contribution in [2.75, 3.05) is 13.1 Å². The number of carbonyl (C=O) groups is 1. The van der Waals surface area contributed by atoms with Gasteiger partial charge < -0.3 is 25.0 Å². The minimum absolute atomic E-state index is 0.0371. The number of phenols is 2. The third-order valence-electron chi connectivity index (χ3n) is 5.18. The quantitative estimate of drug-likeness (QED) is 0.552. The van der Waals surface area contributed by atoms with E-state index in [-0.39, 0.29) is 11.5 Å². The molecule has 0 saturated heterocycles. The second-order valence-corrected chi connectivity index (χ2v) is 7.04. The van der Waals surface area contributed by atoms with E-state index in [4.69, 9.17) is 9.47 Å². The van der Waals surface area contributed by atoms with Gasteiger partial charge in [-0.25, -0.2) is 4.79 Å². The Labute approximate surface area is 174 Å². The molecule has 6 nitrogen and oxygen atoms in total. The van der Waals surface area contributed by atoms with Crippen molar-refractivity contribution in [3.63, 3.8) is 0 Å². The summed E-state index contributed by atoms with van der Waals surface area (Å²) in [6, 6.07) is 16.6. The zero-order valence-electron chi connectivity index (χ0n) is 16.8. The monoisotopic (exact) mass is 405 g/mol. The summed E-state index contributed by atoms with van der Waals surface area (Å²) in [5.41, 5.74) is 1.28. The molecule has 0 fully saturated rings.